The van der Waals surface area contributed by atoms with Crippen LogP contribution in [0.25, 0.3) is 0 Å². The molecule has 19 heteroatoms. The summed E-state index contributed by atoms with van der Waals surface area (Å²) in [6.45, 7) is 0. The van der Waals surface area contributed by atoms with Gasteiger partial charge in [-0.2, -0.15) is 39.5 Å². The van der Waals surface area contributed by atoms with Crippen LogP contribution < -0.4 is 20.9 Å². The Balaban J connectivity index is 1.59. The van der Waals surface area contributed by atoms with Gasteiger partial charge >= 0.3 is 18.5 Å². The quantitative estimate of drug-likeness (QED) is 0.0878. The first kappa shape index (κ1) is 49.2. The highest BCUT2D eigenvalue weighted by atomic mass is 19.4. The molecule has 0 aliphatic heterocycles. The van der Waals surface area contributed by atoms with Crippen LogP contribution in [0.4, 0.5) is 73.6 Å². The van der Waals surface area contributed by atoms with E-state index in [1.807, 2.05) is 0 Å². The summed E-state index contributed by atoms with van der Waals surface area (Å²) in [4.78, 5) is 43.7. The molecule has 0 saturated heterocycles. The molecular formula is C48H39F9N4O6. The third-order valence-electron chi connectivity index (χ3n) is 10.8. The smallest absolute Gasteiger partial charge is 0.356 e. The highest BCUT2D eigenvalue weighted by molar-refractivity contribution is 6.08. The van der Waals surface area contributed by atoms with Gasteiger partial charge in [-0.3, -0.25) is 14.4 Å². The van der Waals surface area contributed by atoms with E-state index >= 15 is 39.5 Å². The second kappa shape index (κ2) is 19.3. The molecule has 3 atom stereocenters. The molecule has 10 nitrogen and oxygen atoms in total. The molecular weight excluding hydrogens is 900 g/mol. The Kier molecular flexibility index (Phi) is 14.2. The number of amides is 3. The largest absolute Gasteiger partial charge is 0.430 e. The Morgan fingerprint density at radius 2 is 0.567 bits per heavy atom. The second-order valence-corrected chi connectivity index (χ2v) is 14.5. The highest BCUT2D eigenvalue weighted by Gasteiger charge is 2.65. The average molecular weight is 939 g/mol. The third kappa shape index (κ3) is 8.92. The van der Waals surface area contributed by atoms with Crippen LogP contribution in [0.5, 0.6) is 0 Å². The van der Waals surface area contributed by atoms with Crippen molar-refractivity contribution < 1.29 is 68.1 Å². The van der Waals surface area contributed by atoms with Crippen LogP contribution in [0.3, 0.4) is 0 Å². The maximum atomic E-state index is 15.2. The molecule has 0 aliphatic carbocycles. The summed E-state index contributed by atoms with van der Waals surface area (Å²) in [6.07, 6.45) is -16.2. The fourth-order valence-electron chi connectivity index (χ4n) is 7.61. The lowest BCUT2D eigenvalue weighted by Crippen LogP contribution is -2.53. The Morgan fingerprint density at radius 1 is 0.358 bits per heavy atom. The monoisotopic (exact) mass is 938 g/mol. The molecule has 3 N–H and O–H groups in total. The summed E-state index contributed by atoms with van der Waals surface area (Å²) in [5.74, 6) is -5.29. The lowest BCUT2D eigenvalue weighted by molar-refractivity contribution is -0.264. The van der Waals surface area contributed by atoms with E-state index in [4.69, 9.17) is 14.2 Å². The van der Waals surface area contributed by atoms with Gasteiger partial charge in [-0.1, -0.05) is 127 Å². The van der Waals surface area contributed by atoms with Crippen molar-refractivity contribution in [2.75, 3.05) is 42.2 Å². The summed E-state index contributed by atoms with van der Waals surface area (Å²) < 4.78 is 151. The van der Waals surface area contributed by atoms with E-state index in [1.54, 1.807) is 0 Å². The molecule has 0 aromatic heterocycles. The Hall–Kier alpha value is -7.22. The molecule has 6 aromatic carbocycles. The second-order valence-electron chi connectivity index (χ2n) is 14.5. The molecule has 6 rings (SSSR count). The summed E-state index contributed by atoms with van der Waals surface area (Å²) in [6, 6.07) is 33.0. The van der Waals surface area contributed by atoms with E-state index in [-0.39, 0.29) is 17.1 Å². The predicted octanol–water partition coefficient (Wildman–Crippen LogP) is 11.3. The highest BCUT2D eigenvalue weighted by Crippen LogP contribution is 2.50. The number of para-hydroxylation sites is 6. The van der Waals surface area contributed by atoms with E-state index in [0.717, 1.165) is 59.5 Å². The number of carbonyl (C=O) groups excluding carboxylic acids is 3. The van der Waals surface area contributed by atoms with Gasteiger partial charge in [0.1, 0.15) is 0 Å². The van der Waals surface area contributed by atoms with Crippen molar-refractivity contribution >= 4 is 51.8 Å². The van der Waals surface area contributed by atoms with E-state index < -0.39 is 86.8 Å². The predicted molar refractivity (Wildman–Crippen MR) is 231 cm³/mol. The van der Waals surface area contributed by atoms with Crippen molar-refractivity contribution in [3.8, 4) is 0 Å². The molecule has 0 unspecified atom stereocenters. The van der Waals surface area contributed by atoms with Crippen molar-refractivity contribution in [1.29, 1.82) is 0 Å². The fraction of sp³-hybridized carbons (Fsp3) is 0.188. The van der Waals surface area contributed by atoms with Crippen molar-refractivity contribution in [3.05, 3.63) is 180 Å². The molecule has 0 heterocycles. The SMILES string of the molecule is CO[C@](C(=O)Nc1ccccc1N(c1ccccc1NC(=O)[C@](OC)(c1ccccc1)C(F)(F)F)c1ccccc1NC(=O)[C@](OC)(c1ccccc1)C(F)(F)F)(c1ccccc1)C(F)(F)F. The first-order valence-corrected chi connectivity index (χ1v) is 19.8. The number of alkyl halides is 9. The fourth-order valence-corrected chi connectivity index (χ4v) is 7.61. The number of rotatable bonds is 15. The zero-order valence-electron chi connectivity index (χ0n) is 35.4. The number of ether oxygens (including phenoxy) is 3. The molecule has 0 spiro atoms. The minimum absolute atomic E-state index is 0.284. The Morgan fingerprint density at radius 3 is 0.776 bits per heavy atom. The summed E-state index contributed by atoms with van der Waals surface area (Å²) in [5.41, 5.74) is -14.9. The number of hydrogen-bond donors (Lipinski definition) is 3. The molecule has 3 amide bonds. The van der Waals surface area contributed by atoms with Gasteiger partial charge in [0.25, 0.3) is 34.5 Å². The number of hydrogen-bond acceptors (Lipinski definition) is 7. The van der Waals surface area contributed by atoms with Gasteiger partial charge in [0, 0.05) is 38.0 Å². The van der Waals surface area contributed by atoms with Crippen LogP contribution in [0.2, 0.25) is 0 Å². The minimum Gasteiger partial charge on any atom is -0.356 e. The van der Waals surface area contributed by atoms with Crippen molar-refractivity contribution in [1.82, 2.24) is 0 Å². The number of halogens is 9. The Bertz CT molecular complexity index is 2400. The zero-order chi connectivity index (χ0) is 48.8. The van der Waals surface area contributed by atoms with E-state index in [2.05, 4.69) is 16.0 Å². The van der Waals surface area contributed by atoms with Crippen LogP contribution in [0.1, 0.15) is 16.7 Å². The third-order valence-corrected chi connectivity index (χ3v) is 10.8. The number of nitrogens with one attached hydrogen (secondary N) is 3. The maximum absolute atomic E-state index is 15.2. The molecule has 350 valence electrons. The first-order valence-electron chi connectivity index (χ1n) is 19.8. The van der Waals surface area contributed by atoms with Crippen molar-refractivity contribution in [2.24, 2.45) is 0 Å². The van der Waals surface area contributed by atoms with Gasteiger partial charge < -0.3 is 35.1 Å². The molecule has 0 radical (unpaired) electrons. The van der Waals surface area contributed by atoms with Crippen LogP contribution in [0, 0.1) is 0 Å². The topological polar surface area (TPSA) is 118 Å². The number of anilines is 6. The van der Waals surface area contributed by atoms with Gasteiger partial charge in [0.05, 0.1) is 34.1 Å². The van der Waals surface area contributed by atoms with Gasteiger partial charge in [0.2, 0.25) is 0 Å². The molecule has 0 fully saturated rings. The normalized spacial score (nSPS) is 14.7. The van der Waals surface area contributed by atoms with Gasteiger partial charge in [0.15, 0.2) is 0 Å². The number of methoxy groups -OCH3 is 3. The van der Waals surface area contributed by atoms with Crippen molar-refractivity contribution in [2.45, 2.75) is 35.3 Å². The van der Waals surface area contributed by atoms with Gasteiger partial charge in [-0.05, 0) is 36.4 Å². The minimum atomic E-state index is -5.40. The van der Waals surface area contributed by atoms with Crippen LogP contribution in [-0.4, -0.2) is 57.6 Å². The molecule has 0 bridgehead atoms. The lowest BCUT2D eigenvalue weighted by atomic mass is 9.91. The summed E-state index contributed by atoms with van der Waals surface area (Å²) in [5, 5.41) is 6.78. The molecule has 0 aliphatic rings. The van der Waals surface area contributed by atoms with Crippen LogP contribution in [-0.2, 0) is 45.4 Å². The van der Waals surface area contributed by atoms with E-state index in [1.165, 1.54) is 109 Å². The number of carbonyl (C=O) groups is 3. The van der Waals surface area contributed by atoms with E-state index in [0.29, 0.717) is 21.3 Å². The number of nitrogens with zero attached hydrogens (tertiary/aromatic N) is 1. The van der Waals surface area contributed by atoms with E-state index in [9.17, 15) is 14.4 Å². The zero-order valence-corrected chi connectivity index (χ0v) is 35.4. The number of benzene rings is 6. The van der Waals surface area contributed by atoms with Gasteiger partial charge in [-0.25, -0.2) is 0 Å². The molecule has 0 saturated carbocycles. The van der Waals surface area contributed by atoms with Crippen LogP contribution >= 0.6 is 0 Å². The first-order chi connectivity index (χ1) is 31.7. The standard InChI is InChI=1S/C48H39F9N4O6/c1-65-43(46(49,50)51,31-19-7-4-8-20-31)40(62)58-34-25-13-16-28-37(34)61(38-29-17-14-26-35(38)59-41(63)44(66-2,47(52,53)54)32-21-9-5-10-22-32)39-30-18-15-27-36(39)60-42(64)45(67-3,48(55,56)57)33-23-11-6-12-24-33/h4-30H,1-3H3,(H,58,62)(H,59,63)(H,60,64)/t43-,44-,45+/m1/s1. The summed E-state index contributed by atoms with van der Waals surface area (Å²) >= 11 is 0. The molecule has 67 heavy (non-hydrogen) atoms. The Labute approximate surface area is 377 Å². The van der Waals surface area contributed by atoms with Crippen LogP contribution in [0.15, 0.2) is 164 Å². The van der Waals surface area contributed by atoms with Crippen molar-refractivity contribution in [3.63, 3.8) is 0 Å². The summed E-state index contributed by atoms with van der Waals surface area (Å²) in [7, 11) is 2.01. The van der Waals surface area contributed by atoms with Gasteiger partial charge in [-0.15, -0.1) is 0 Å². The molecule has 6 aromatic rings. The average Bonchev–Trinajstić information content (AvgIpc) is 3.29. The lowest BCUT2D eigenvalue weighted by Gasteiger charge is -2.36. The maximum Gasteiger partial charge on any atom is 0.430 e.